The third-order valence-electron chi connectivity index (χ3n) is 2.96. The molecule has 3 nitrogen and oxygen atoms in total. The fourth-order valence-electron chi connectivity index (χ4n) is 1.85. The van der Waals surface area contributed by atoms with E-state index in [2.05, 4.69) is 18.0 Å². The number of ether oxygens (including phenoxy) is 1. The van der Waals surface area contributed by atoms with E-state index in [0.29, 0.717) is 12.4 Å². The Kier molecular flexibility index (Phi) is 3.95. The third kappa shape index (κ3) is 2.68. The highest BCUT2D eigenvalue weighted by atomic mass is 16.5. The summed E-state index contributed by atoms with van der Waals surface area (Å²) in [5.74, 6) is 1.48. The molecule has 0 aliphatic rings. The molecule has 0 bridgehead atoms. The molecule has 0 amide bonds. The number of benzene rings is 1. The van der Waals surface area contributed by atoms with E-state index in [9.17, 15) is 0 Å². The predicted octanol–water partition coefficient (Wildman–Crippen LogP) is 3.20. The van der Waals surface area contributed by atoms with Gasteiger partial charge in [-0.25, -0.2) is 4.98 Å². The van der Waals surface area contributed by atoms with Gasteiger partial charge in [-0.1, -0.05) is 31.2 Å². The van der Waals surface area contributed by atoms with Crippen molar-refractivity contribution in [2.24, 2.45) is 5.73 Å². The first-order chi connectivity index (χ1) is 8.74. The van der Waals surface area contributed by atoms with Crippen molar-refractivity contribution in [2.75, 3.05) is 0 Å². The topological polar surface area (TPSA) is 48.1 Å². The van der Waals surface area contributed by atoms with Crippen molar-refractivity contribution in [1.82, 2.24) is 4.98 Å². The number of para-hydroxylation sites is 1. The molecule has 2 aromatic rings. The van der Waals surface area contributed by atoms with Gasteiger partial charge < -0.3 is 10.5 Å². The van der Waals surface area contributed by atoms with E-state index in [4.69, 9.17) is 10.5 Å². The van der Waals surface area contributed by atoms with Crippen molar-refractivity contribution in [2.45, 2.75) is 26.8 Å². The molecule has 2 rings (SSSR count). The van der Waals surface area contributed by atoms with Crippen molar-refractivity contribution < 1.29 is 4.74 Å². The highest BCUT2D eigenvalue weighted by molar-refractivity contribution is 5.36. The first kappa shape index (κ1) is 12.6. The molecule has 0 saturated carbocycles. The summed E-state index contributed by atoms with van der Waals surface area (Å²) in [6.07, 6.45) is 0.941. The number of aryl methyl sites for hydroxylation is 2. The number of pyridine rings is 1. The van der Waals surface area contributed by atoms with E-state index in [-0.39, 0.29) is 0 Å². The smallest absolute Gasteiger partial charge is 0.219 e. The Hall–Kier alpha value is -1.87. The summed E-state index contributed by atoms with van der Waals surface area (Å²) >= 11 is 0. The maximum Gasteiger partial charge on any atom is 0.219 e. The van der Waals surface area contributed by atoms with Gasteiger partial charge in [0, 0.05) is 18.3 Å². The van der Waals surface area contributed by atoms with Crippen LogP contribution in [0.1, 0.15) is 23.7 Å². The van der Waals surface area contributed by atoms with Gasteiger partial charge in [-0.2, -0.15) is 0 Å². The number of rotatable bonds is 4. The van der Waals surface area contributed by atoms with Crippen LogP contribution in [0.5, 0.6) is 11.6 Å². The minimum Gasteiger partial charge on any atom is -0.439 e. The zero-order valence-corrected chi connectivity index (χ0v) is 10.8. The summed E-state index contributed by atoms with van der Waals surface area (Å²) in [7, 11) is 0. The van der Waals surface area contributed by atoms with E-state index in [1.54, 1.807) is 0 Å². The summed E-state index contributed by atoms with van der Waals surface area (Å²) in [5, 5.41) is 0. The first-order valence-electron chi connectivity index (χ1n) is 6.17. The fraction of sp³-hybridized carbons (Fsp3) is 0.267. The number of hydrogen-bond donors (Lipinski definition) is 1. The Balaban J connectivity index is 2.26. The van der Waals surface area contributed by atoms with Crippen LogP contribution in [-0.2, 0) is 13.0 Å². The molecule has 94 valence electrons. The molecule has 18 heavy (non-hydrogen) atoms. The molecular formula is C15H18N2O. The summed E-state index contributed by atoms with van der Waals surface area (Å²) < 4.78 is 5.83. The fourth-order valence-corrected chi connectivity index (χ4v) is 1.85. The second-order valence-corrected chi connectivity index (χ2v) is 4.16. The van der Waals surface area contributed by atoms with Crippen molar-refractivity contribution in [3.63, 3.8) is 0 Å². The molecule has 0 saturated heterocycles. The van der Waals surface area contributed by atoms with Gasteiger partial charge in [-0.05, 0) is 30.5 Å². The molecule has 0 unspecified atom stereocenters. The van der Waals surface area contributed by atoms with Crippen LogP contribution in [0.15, 0.2) is 36.4 Å². The molecule has 3 heteroatoms. The Morgan fingerprint density at radius 2 is 1.89 bits per heavy atom. The monoisotopic (exact) mass is 242 g/mol. The van der Waals surface area contributed by atoms with Gasteiger partial charge in [0.15, 0.2) is 0 Å². The highest BCUT2D eigenvalue weighted by Gasteiger charge is 2.05. The maximum atomic E-state index is 5.83. The molecule has 1 aromatic heterocycles. The Morgan fingerprint density at radius 3 is 2.56 bits per heavy atom. The minimum atomic E-state index is 0.505. The van der Waals surface area contributed by atoms with Crippen molar-refractivity contribution in [3.05, 3.63) is 53.2 Å². The predicted molar refractivity (Wildman–Crippen MR) is 72.8 cm³/mol. The van der Waals surface area contributed by atoms with Gasteiger partial charge in [0.2, 0.25) is 5.88 Å². The standard InChI is InChI=1S/C15H18N2O/c1-3-12-6-4-5-7-14(12)18-15-9-8-13(10-16)11(2)17-15/h4-9H,3,10,16H2,1-2H3. The Morgan fingerprint density at radius 1 is 1.11 bits per heavy atom. The number of hydrogen-bond acceptors (Lipinski definition) is 3. The van der Waals surface area contributed by atoms with Gasteiger partial charge in [0.25, 0.3) is 0 Å². The summed E-state index contributed by atoms with van der Waals surface area (Å²) in [4.78, 5) is 4.41. The lowest BCUT2D eigenvalue weighted by molar-refractivity contribution is 0.456. The lowest BCUT2D eigenvalue weighted by Gasteiger charge is -2.10. The molecule has 0 aliphatic carbocycles. The van der Waals surface area contributed by atoms with Crippen molar-refractivity contribution in [3.8, 4) is 11.6 Å². The van der Waals surface area contributed by atoms with Crippen LogP contribution in [0.25, 0.3) is 0 Å². The lowest BCUT2D eigenvalue weighted by atomic mass is 10.1. The van der Waals surface area contributed by atoms with Crippen LogP contribution in [0.2, 0.25) is 0 Å². The van der Waals surface area contributed by atoms with Crippen molar-refractivity contribution in [1.29, 1.82) is 0 Å². The van der Waals surface area contributed by atoms with Crippen LogP contribution >= 0.6 is 0 Å². The molecule has 1 aromatic carbocycles. The lowest BCUT2D eigenvalue weighted by Crippen LogP contribution is -2.01. The number of nitrogens with zero attached hydrogens (tertiary/aromatic N) is 1. The number of nitrogens with two attached hydrogens (primary N) is 1. The van der Waals surface area contributed by atoms with Gasteiger partial charge in [-0.15, -0.1) is 0 Å². The molecule has 0 fully saturated rings. The number of aromatic nitrogens is 1. The van der Waals surface area contributed by atoms with Crippen molar-refractivity contribution >= 4 is 0 Å². The molecule has 1 heterocycles. The van der Waals surface area contributed by atoms with Gasteiger partial charge in [-0.3, -0.25) is 0 Å². The van der Waals surface area contributed by atoms with E-state index >= 15 is 0 Å². The zero-order valence-electron chi connectivity index (χ0n) is 10.8. The third-order valence-corrected chi connectivity index (χ3v) is 2.96. The molecule has 2 N–H and O–H groups in total. The SMILES string of the molecule is CCc1ccccc1Oc1ccc(CN)c(C)n1. The van der Waals surface area contributed by atoms with Crippen LogP contribution in [-0.4, -0.2) is 4.98 Å². The molecule has 0 spiro atoms. The van der Waals surface area contributed by atoms with E-state index < -0.39 is 0 Å². The maximum absolute atomic E-state index is 5.83. The van der Waals surface area contributed by atoms with E-state index in [1.165, 1.54) is 5.56 Å². The zero-order chi connectivity index (χ0) is 13.0. The normalized spacial score (nSPS) is 10.4. The van der Waals surface area contributed by atoms with Crippen LogP contribution in [0, 0.1) is 6.92 Å². The minimum absolute atomic E-state index is 0.505. The molecule has 0 aliphatic heterocycles. The van der Waals surface area contributed by atoms with E-state index in [0.717, 1.165) is 23.4 Å². The first-order valence-corrected chi connectivity index (χ1v) is 6.17. The van der Waals surface area contributed by atoms with Crippen LogP contribution < -0.4 is 10.5 Å². The van der Waals surface area contributed by atoms with Gasteiger partial charge >= 0.3 is 0 Å². The second-order valence-electron chi connectivity index (χ2n) is 4.16. The second kappa shape index (κ2) is 5.65. The van der Waals surface area contributed by atoms with Crippen LogP contribution in [0.4, 0.5) is 0 Å². The van der Waals surface area contributed by atoms with Gasteiger partial charge in [0.1, 0.15) is 5.75 Å². The van der Waals surface area contributed by atoms with E-state index in [1.807, 2.05) is 37.3 Å². The Bertz CT molecular complexity index is 538. The largest absolute Gasteiger partial charge is 0.439 e. The average molecular weight is 242 g/mol. The molecule has 0 radical (unpaired) electrons. The summed E-state index contributed by atoms with van der Waals surface area (Å²) in [6.45, 7) is 4.56. The van der Waals surface area contributed by atoms with Gasteiger partial charge in [0.05, 0.1) is 0 Å². The molecule has 0 atom stereocenters. The molecular weight excluding hydrogens is 224 g/mol. The van der Waals surface area contributed by atoms with Crippen LogP contribution in [0.3, 0.4) is 0 Å². The summed E-state index contributed by atoms with van der Waals surface area (Å²) in [5.41, 5.74) is 8.77. The quantitative estimate of drug-likeness (QED) is 0.895. The summed E-state index contributed by atoms with van der Waals surface area (Å²) in [6, 6.07) is 11.8. The average Bonchev–Trinajstić information content (AvgIpc) is 2.39. The Labute approximate surface area is 108 Å². The highest BCUT2D eigenvalue weighted by Crippen LogP contribution is 2.24.